The molecule has 0 spiro atoms. The van der Waals surface area contributed by atoms with E-state index in [0.717, 1.165) is 12.8 Å². The largest absolute Gasteiger partial charge is 0.147 e. The first kappa shape index (κ1) is 12.2. The quantitative estimate of drug-likeness (QED) is 0.645. The Balaban J connectivity index is 0.000000980. The van der Waals surface area contributed by atoms with Crippen LogP contribution < -0.4 is 0 Å². The van der Waals surface area contributed by atoms with E-state index in [0.29, 0.717) is 3.17 Å². The topological polar surface area (TPSA) is 0 Å². The first-order valence-corrected chi connectivity index (χ1v) is 6.48. The minimum absolute atomic E-state index is 0. The Labute approximate surface area is 107 Å². The van der Waals surface area contributed by atoms with Crippen molar-refractivity contribution in [2.24, 2.45) is 0 Å². The van der Waals surface area contributed by atoms with Gasteiger partial charge in [0.25, 0.3) is 0 Å². The summed E-state index contributed by atoms with van der Waals surface area (Å²) in [6.07, 6.45) is 15.8. The van der Waals surface area contributed by atoms with E-state index in [1.165, 1.54) is 24.4 Å². The fourth-order valence-electron chi connectivity index (χ4n) is 1.84. The molecule has 73 valence electrons. The number of rotatable bonds is 2. The molecule has 2 heteroatoms. The van der Waals surface area contributed by atoms with Gasteiger partial charge in [-0.15, -0.1) is 12.4 Å². The van der Waals surface area contributed by atoms with Gasteiger partial charge < -0.3 is 0 Å². The third-order valence-corrected chi connectivity index (χ3v) is 5.13. The van der Waals surface area contributed by atoms with Crippen molar-refractivity contribution >= 4 is 12.4 Å². The molecule has 0 aromatic heterocycles. The Morgan fingerprint density at radius 3 is 1.79 bits per heavy atom. The standard InChI is InChI=1S/C12H13.ClH.Hf/c1-10(11-6-2-3-7-11)12-8-4-5-9-12;;/h2-6,8H,7,9H2,1H3;1H;. The van der Waals surface area contributed by atoms with Crippen LogP contribution in [0.3, 0.4) is 0 Å². The van der Waals surface area contributed by atoms with Crippen molar-refractivity contribution in [1.82, 2.24) is 0 Å². The van der Waals surface area contributed by atoms with Crippen molar-refractivity contribution in [3.05, 3.63) is 47.6 Å². The fourth-order valence-corrected chi connectivity index (χ4v) is 3.17. The van der Waals surface area contributed by atoms with Crippen molar-refractivity contribution < 1.29 is 24.4 Å². The maximum atomic E-state index is 2.39. The van der Waals surface area contributed by atoms with E-state index in [9.17, 15) is 0 Å². The molecule has 0 amide bonds. The molecule has 0 saturated carbocycles. The first-order valence-electron chi connectivity index (χ1n) is 4.68. The van der Waals surface area contributed by atoms with Gasteiger partial charge in [0.2, 0.25) is 0 Å². The van der Waals surface area contributed by atoms with Crippen LogP contribution >= 0.6 is 12.4 Å². The number of hydrogen-bond donors (Lipinski definition) is 0. The monoisotopic (exact) mass is 373 g/mol. The second kappa shape index (κ2) is 4.76. The molecule has 2 aliphatic rings. The normalized spacial score (nSPS) is 19.1. The molecule has 2 rings (SSSR count). The van der Waals surface area contributed by atoms with Crippen LogP contribution in [0.15, 0.2) is 47.6 Å². The van der Waals surface area contributed by atoms with Crippen LogP contribution in [-0.2, 0) is 24.4 Å². The number of hydrogen-bond acceptors (Lipinski definition) is 0. The van der Waals surface area contributed by atoms with Crippen LogP contribution in [0.25, 0.3) is 0 Å². The summed E-state index contributed by atoms with van der Waals surface area (Å²) in [6.45, 7) is 2.39. The van der Waals surface area contributed by atoms with Gasteiger partial charge >= 0.3 is 94.9 Å². The van der Waals surface area contributed by atoms with Crippen molar-refractivity contribution in [2.75, 3.05) is 0 Å². The van der Waals surface area contributed by atoms with Crippen molar-refractivity contribution in [2.45, 2.75) is 22.9 Å². The minimum Gasteiger partial charge on any atom is -0.147 e. The molecule has 0 bridgehead atoms. The summed E-state index contributed by atoms with van der Waals surface area (Å²) >= 11 is 1.22. The van der Waals surface area contributed by atoms with Crippen molar-refractivity contribution in [1.29, 1.82) is 0 Å². The molecule has 0 aromatic carbocycles. The Morgan fingerprint density at radius 1 is 1.07 bits per heavy atom. The minimum atomic E-state index is 0. The Bertz CT molecular complexity index is 300. The predicted molar refractivity (Wildman–Crippen MR) is 59.3 cm³/mol. The number of halogens is 1. The second-order valence-electron chi connectivity index (χ2n) is 3.77. The average Bonchev–Trinajstić information content (AvgIpc) is 2.78. The van der Waals surface area contributed by atoms with Crippen LogP contribution in [0.2, 0.25) is 3.17 Å². The average molecular weight is 372 g/mol. The van der Waals surface area contributed by atoms with Gasteiger partial charge in [-0.05, 0) is 0 Å². The molecule has 0 atom stereocenters. The summed E-state index contributed by atoms with van der Waals surface area (Å²) in [4.78, 5) is 0. The second-order valence-corrected chi connectivity index (χ2v) is 7.37. The summed E-state index contributed by atoms with van der Waals surface area (Å²) in [7, 11) is 0. The predicted octanol–water partition coefficient (Wildman–Crippen LogP) is 3.91. The zero-order valence-electron chi connectivity index (χ0n) is 8.29. The number of allylic oxidation sites excluding steroid dienone is 8. The molecule has 0 radical (unpaired) electrons. The van der Waals surface area contributed by atoms with E-state index < -0.39 is 0 Å². The molecule has 0 aromatic rings. The Hall–Kier alpha value is 0.120. The third-order valence-electron chi connectivity index (χ3n) is 2.83. The zero-order chi connectivity index (χ0) is 9.31. The molecule has 0 N–H and O–H groups in total. The first-order chi connectivity index (χ1) is 6.21. The summed E-state index contributed by atoms with van der Waals surface area (Å²) in [5.41, 5.74) is 3.21. The molecule has 0 unspecified atom stereocenters. The molecule has 0 saturated heterocycles. The maximum Gasteiger partial charge on any atom is -0.147 e. The van der Waals surface area contributed by atoms with Crippen molar-refractivity contribution in [3.63, 3.8) is 0 Å². The van der Waals surface area contributed by atoms with E-state index in [-0.39, 0.29) is 12.4 Å². The Morgan fingerprint density at radius 2 is 1.50 bits per heavy atom. The van der Waals surface area contributed by atoms with Gasteiger partial charge in [0.1, 0.15) is 0 Å². The van der Waals surface area contributed by atoms with Gasteiger partial charge in [-0.2, -0.15) is 0 Å². The molecule has 0 aliphatic heterocycles. The van der Waals surface area contributed by atoms with E-state index >= 15 is 0 Å². The fraction of sp³-hybridized carbons (Fsp3) is 0.333. The van der Waals surface area contributed by atoms with E-state index in [2.05, 4.69) is 43.4 Å². The molecular weight excluding hydrogens is 358 g/mol. The van der Waals surface area contributed by atoms with Gasteiger partial charge in [-0.1, -0.05) is 0 Å². The maximum absolute atomic E-state index is 2.39. The molecule has 0 nitrogen and oxygen atoms in total. The van der Waals surface area contributed by atoms with Crippen LogP contribution in [0, 0.1) is 0 Å². The van der Waals surface area contributed by atoms with Crippen LogP contribution in [-0.4, -0.2) is 0 Å². The smallest absolute Gasteiger partial charge is 0.147 e. The van der Waals surface area contributed by atoms with E-state index in [1.54, 1.807) is 11.1 Å². The summed E-state index contributed by atoms with van der Waals surface area (Å²) < 4.78 is 0.396. The van der Waals surface area contributed by atoms with Crippen LogP contribution in [0.1, 0.15) is 19.8 Å². The van der Waals surface area contributed by atoms with E-state index in [4.69, 9.17) is 0 Å². The van der Waals surface area contributed by atoms with E-state index in [1.807, 2.05) is 0 Å². The van der Waals surface area contributed by atoms with Crippen LogP contribution in [0.4, 0.5) is 0 Å². The third kappa shape index (κ3) is 2.20. The van der Waals surface area contributed by atoms with Gasteiger partial charge in [0.05, 0.1) is 0 Å². The van der Waals surface area contributed by atoms with Crippen LogP contribution in [0.5, 0.6) is 0 Å². The molecular formula is C12H14ClHf. The molecule has 0 heterocycles. The van der Waals surface area contributed by atoms with Gasteiger partial charge in [-0.3, -0.25) is 0 Å². The molecule has 2 aliphatic carbocycles. The SMILES string of the molecule is C[C]([Hf])(C1=CC=CC1)C1=CC=CC1.Cl. The Kier molecular flexibility index (Phi) is 4.15. The molecule has 14 heavy (non-hydrogen) atoms. The van der Waals surface area contributed by atoms with Gasteiger partial charge in [0, 0.05) is 0 Å². The zero-order valence-corrected chi connectivity index (χ0v) is 12.7. The van der Waals surface area contributed by atoms with Gasteiger partial charge in [0.15, 0.2) is 0 Å². The summed E-state index contributed by atoms with van der Waals surface area (Å²) in [5.74, 6) is 0. The summed E-state index contributed by atoms with van der Waals surface area (Å²) in [5, 5.41) is 0. The molecule has 0 fully saturated rings. The van der Waals surface area contributed by atoms with Gasteiger partial charge in [-0.25, -0.2) is 0 Å². The van der Waals surface area contributed by atoms with Crippen molar-refractivity contribution in [3.8, 4) is 0 Å². The summed E-state index contributed by atoms with van der Waals surface area (Å²) in [6, 6.07) is 0.